The number of nitrogens with one attached hydrogen (secondary N) is 1. The Morgan fingerprint density at radius 1 is 1.50 bits per heavy atom. The van der Waals surface area contributed by atoms with Gasteiger partial charge in [0.05, 0.1) is 12.0 Å². The number of nitrogens with two attached hydrogens (primary N) is 1. The van der Waals surface area contributed by atoms with Crippen molar-refractivity contribution in [2.24, 2.45) is 5.92 Å². The molecule has 5 nitrogen and oxygen atoms in total. The zero-order valence-corrected chi connectivity index (χ0v) is 10.7. The molecule has 0 saturated carbocycles. The molecule has 0 radical (unpaired) electrons. The molecule has 6 heteroatoms. The first kappa shape index (κ1) is 11.6. The molecule has 2 unspecified atom stereocenters. The minimum Gasteiger partial charge on any atom is -0.399 e. The van der Waals surface area contributed by atoms with Gasteiger partial charge in [0.15, 0.2) is 0 Å². The first-order valence-electron chi connectivity index (χ1n) is 6.12. The average molecular weight is 267 g/mol. The van der Waals surface area contributed by atoms with Crippen molar-refractivity contribution in [2.45, 2.75) is 18.9 Å². The Morgan fingerprint density at radius 2 is 2.33 bits per heavy atom. The lowest BCUT2D eigenvalue weighted by Gasteiger charge is -2.36. The van der Waals surface area contributed by atoms with Crippen molar-refractivity contribution in [3.05, 3.63) is 17.3 Å². The summed E-state index contributed by atoms with van der Waals surface area (Å²) in [5, 5.41) is 3.31. The summed E-state index contributed by atoms with van der Waals surface area (Å²) in [6, 6.07) is 3.62. The fraction of sp³-hybridized carbons (Fsp3) is 0.500. The van der Waals surface area contributed by atoms with Crippen molar-refractivity contribution in [1.82, 2.24) is 10.3 Å². The van der Waals surface area contributed by atoms with E-state index in [-0.39, 0.29) is 17.9 Å². The second-order valence-electron chi connectivity index (χ2n) is 4.84. The fourth-order valence-electron chi connectivity index (χ4n) is 2.89. The predicted octanol–water partition coefficient (Wildman–Crippen LogP) is 1.03. The van der Waals surface area contributed by atoms with E-state index in [0.717, 1.165) is 25.2 Å². The highest BCUT2D eigenvalue weighted by Gasteiger charge is 2.41. The second-order valence-corrected chi connectivity index (χ2v) is 5.22. The highest BCUT2D eigenvalue weighted by Crippen LogP contribution is 2.32. The highest BCUT2D eigenvalue weighted by atomic mass is 35.5. The lowest BCUT2D eigenvalue weighted by molar-refractivity contribution is -0.122. The lowest BCUT2D eigenvalue weighted by Crippen LogP contribution is -2.46. The van der Waals surface area contributed by atoms with Crippen molar-refractivity contribution in [1.29, 1.82) is 0 Å². The predicted molar refractivity (Wildman–Crippen MR) is 70.5 cm³/mol. The maximum atomic E-state index is 11.7. The Balaban J connectivity index is 1.93. The number of aromatic nitrogens is 1. The molecular weight excluding hydrogens is 252 g/mol. The molecule has 2 atom stereocenters. The molecule has 0 aliphatic carbocycles. The van der Waals surface area contributed by atoms with Crippen LogP contribution in [0.2, 0.25) is 5.15 Å². The number of halogens is 1. The van der Waals surface area contributed by atoms with Crippen LogP contribution in [0.1, 0.15) is 12.8 Å². The van der Waals surface area contributed by atoms with E-state index < -0.39 is 0 Å². The number of carbonyl (C=O) groups is 1. The number of nitrogen functional groups attached to an aromatic ring is 1. The highest BCUT2D eigenvalue weighted by molar-refractivity contribution is 6.29. The molecule has 18 heavy (non-hydrogen) atoms. The number of rotatable bonds is 1. The van der Waals surface area contributed by atoms with Gasteiger partial charge in [-0.1, -0.05) is 11.6 Å². The Bertz CT molecular complexity index is 473. The summed E-state index contributed by atoms with van der Waals surface area (Å²) in [4.78, 5) is 18.2. The molecule has 3 heterocycles. The molecule has 1 amide bonds. The van der Waals surface area contributed by atoms with Crippen LogP contribution in [0, 0.1) is 5.92 Å². The van der Waals surface area contributed by atoms with E-state index in [9.17, 15) is 4.79 Å². The molecule has 2 saturated heterocycles. The van der Waals surface area contributed by atoms with Crippen molar-refractivity contribution in [3.63, 3.8) is 0 Å². The number of hydrogen-bond acceptors (Lipinski definition) is 4. The molecule has 2 aliphatic rings. The molecule has 2 aliphatic heterocycles. The van der Waals surface area contributed by atoms with Crippen molar-refractivity contribution >= 4 is 29.0 Å². The molecule has 0 spiro atoms. The van der Waals surface area contributed by atoms with Crippen LogP contribution in [0.15, 0.2) is 12.1 Å². The molecule has 0 aromatic carbocycles. The van der Waals surface area contributed by atoms with Crippen LogP contribution in [0.25, 0.3) is 0 Å². The Kier molecular flexibility index (Phi) is 2.78. The van der Waals surface area contributed by atoms with Crippen molar-refractivity contribution < 1.29 is 4.79 Å². The van der Waals surface area contributed by atoms with E-state index in [2.05, 4.69) is 15.2 Å². The summed E-state index contributed by atoms with van der Waals surface area (Å²) in [5.74, 6) is 0.992. The fourth-order valence-corrected chi connectivity index (χ4v) is 3.10. The smallest absolute Gasteiger partial charge is 0.225 e. The average Bonchev–Trinajstić information content (AvgIpc) is 2.70. The van der Waals surface area contributed by atoms with Crippen LogP contribution in [0.4, 0.5) is 11.5 Å². The van der Waals surface area contributed by atoms with Crippen LogP contribution in [0.5, 0.6) is 0 Å². The Labute approximate surface area is 110 Å². The van der Waals surface area contributed by atoms with E-state index in [1.165, 1.54) is 0 Å². The molecular formula is C12H15ClN4O. The second kappa shape index (κ2) is 4.31. The number of amides is 1. The lowest BCUT2D eigenvalue weighted by atomic mass is 9.91. The SMILES string of the molecule is Nc1cc(Cl)nc(N2CCCC3C(=O)NCC32)c1. The van der Waals surface area contributed by atoms with Crippen molar-refractivity contribution in [2.75, 3.05) is 23.7 Å². The Hall–Kier alpha value is -1.49. The first-order valence-corrected chi connectivity index (χ1v) is 6.50. The van der Waals surface area contributed by atoms with E-state index in [1.807, 2.05) is 6.07 Å². The summed E-state index contributed by atoms with van der Waals surface area (Å²) >= 11 is 5.94. The van der Waals surface area contributed by atoms with Gasteiger partial charge in [-0.2, -0.15) is 0 Å². The number of fused-ring (bicyclic) bond motifs is 1. The van der Waals surface area contributed by atoms with E-state index in [0.29, 0.717) is 17.4 Å². The van der Waals surface area contributed by atoms with Gasteiger partial charge < -0.3 is 16.0 Å². The third kappa shape index (κ3) is 1.88. The minimum absolute atomic E-state index is 0.0701. The number of carbonyl (C=O) groups excluding carboxylic acids is 1. The molecule has 96 valence electrons. The zero-order chi connectivity index (χ0) is 12.7. The summed E-state index contributed by atoms with van der Waals surface area (Å²) in [6.07, 6.45) is 1.94. The first-order chi connectivity index (χ1) is 8.65. The van der Waals surface area contributed by atoms with Crippen LogP contribution in [-0.4, -0.2) is 30.0 Å². The minimum atomic E-state index is 0.0701. The molecule has 2 fully saturated rings. The van der Waals surface area contributed by atoms with Gasteiger partial charge in [0, 0.05) is 24.8 Å². The quantitative estimate of drug-likeness (QED) is 0.745. The number of hydrogen-bond donors (Lipinski definition) is 2. The van der Waals surface area contributed by atoms with Gasteiger partial charge in [-0.15, -0.1) is 0 Å². The van der Waals surface area contributed by atoms with Crippen LogP contribution < -0.4 is 16.0 Å². The van der Waals surface area contributed by atoms with Crippen LogP contribution >= 0.6 is 11.6 Å². The summed E-state index contributed by atoms with van der Waals surface area (Å²) in [7, 11) is 0. The largest absolute Gasteiger partial charge is 0.399 e. The summed E-state index contributed by atoms with van der Waals surface area (Å²) < 4.78 is 0. The van der Waals surface area contributed by atoms with E-state index in [4.69, 9.17) is 17.3 Å². The number of anilines is 2. The summed E-state index contributed by atoms with van der Waals surface area (Å²) in [6.45, 7) is 1.57. The maximum absolute atomic E-state index is 11.7. The number of pyridine rings is 1. The molecule has 3 rings (SSSR count). The number of nitrogens with zero attached hydrogens (tertiary/aromatic N) is 2. The van der Waals surface area contributed by atoms with Gasteiger partial charge in [-0.25, -0.2) is 4.98 Å². The van der Waals surface area contributed by atoms with Gasteiger partial charge in [-0.05, 0) is 18.9 Å². The normalized spacial score (nSPS) is 26.9. The van der Waals surface area contributed by atoms with Crippen molar-refractivity contribution in [3.8, 4) is 0 Å². The maximum Gasteiger partial charge on any atom is 0.225 e. The van der Waals surface area contributed by atoms with Crippen LogP contribution in [0.3, 0.4) is 0 Å². The van der Waals surface area contributed by atoms with Gasteiger partial charge >= 0.3 is 0 Å². The molecule has 1 aromatic rings. The summed E-state index contributed by atoms with van der Waals surface area (Å²) in [5.41, 5.74) is 6.40. The van der Waals surface area contributed by atoms with E-state index >= 15 is 0 Å². The van der Waals surface area contributed by atoms with Gasteiger partial charge in [0.25, 0.3) is 0 Å². The molecule has 3 N–H and O–H groups in total. The Morgan fingerprint density at radius 3 is 3.11 bits per heavy atom. The number of piperidine rings is 1. The monoisotopic (exact) mass is 266 g/mol. The van der Waals surface area contributed by atoms with E-state index in [1.54, 1.807) is 6.07 Å². The van der Waals surface area contributed by atoms with Gasteiger partial charge in [-0.3, -0.25) is 4.79 Å². The molecule has 0 bridgehead atoms. The third-order valence-electron chi connectivity index (χ3n) is 3.70. The molecule has 1 aromatic heterocycles. The zero-order valence-electron chi connectivity index (χ0n) is 9.90. The van der Waals surface area contributed by atoms with Gasteiger partial charge in [0.2, 0.25) is 5.91 Å². The standard InChI is InChI=1S/C12H15ClN4O/c13-10-4-7(14)5-11(16-10)17-3-1-2-8-9(17)6-15-12(8)18/h4-5,8-9H,1-3,6H2,(H2,14,16)(H,15,18). The topological polar surface area (TPSA) is 71.2 Å². The van der Waals surface area contributed by atoms with Gasteiger partial charge in [0.1, 0.15) is 11.0 Å². The third-order valence-corrected chi connectivity index (χ3v) is 3.89. The van der Waals surface area contributed by atoms with Crippen LogP contribution in [-0.2, 0) is 4.79 Å².